The van der Waals surface area contributed by atoms with E-state index in [1.54, 1.807) is 0 Å². The first kappa shape index (κ1) is 16.5. The van der Waals surface area contributed by atoms with Gasteiger partial charge in [-0.3, -0.25) is 0 Å². The Bertz CT molecular complexity index is 414. The van der Waals surface area contributed by atoms with Crippen molar-refractivity contribution in [2.45, 2.75) is 72.3 Å². The first-order chi connectivity index (χ1) is 10.0. The maximum Gasteiger partial charge on any atom is 0.0348 e. The fourth-order valence-electron chi connectivity index (χ4n) is 3.09. The predicted octanol–water partition coefficient (Wildman–Crippen LogP) is 5.64. The third-order valence-electron chi connectivity index (χ3n) is 4.79. The molecule has 0 spiro atoms. The van der Waals surface area contributed by atoms with Gasteiger partial charge in [-0.1, -0.05) is 69.9 Å². The van der Waals surface area contributed by atoms with Gasteiger partial charge in [-0.15, -0.1) is 0 Å². The van der Waals surface area contributed by atoms with Gasteiger partial charge in [0.15, 0.2) is 0 Å². The zero-order chi connectivity index (χ0) is 15.3. The summed E-state index contributed by atoms with van der Waals surface area (Å²) in [7, 11) is 0. The van der Waals surface area contributed by atoms with Crippen molar-refractivity contribution in [1.82, 2.24) is 5.32 Å². The summed E-state index contributed by atoms with van der Waals surface area (Å²) in [5.41, 5.74) is 3.24. The van der Waals surface area contributed by atoms with Crippen LogP contribution in [0.5, 0.6) is 0 Å². The monoisotopic (exact) mass is 287 g/mol. The van der Waals surface area contributed by atoms with Crippen LogP contribution in [0.3, 0.4) is 0 Å². The fourth-order valence-corrected chi connectivity index (χ4v) is 3.09. The van der Waals surface area contributed by atoms with Crippen LogP contribution in [-0.4, -0.2) is 6.54 Å². The summed E-state index contributed by atoms with van der Waals surface area (Å²) in [5, 5.41) is 3.88. The summed E-state index contributed by atoms with van der Waals surface area (Å²) in [6, 6.07) is 9.69. The van der Waals surface area contributed by atoms with Crippen LogP contribution in [0.1, 0.15) is 76.5 Å². The van der Waals surface area contributed by atoms with Crippen LogP contribution in [0.2, 0.25) is 0 Å². The van der Waals surface area contributed by atoms with E-state index in [9.17, 15) is 0 Å². The minimum absolute atomic E-state index is 0.410. The van der Waals surface area contributed by atoms with Crippen LogP contribution in [0.25, 0.3) is 0 Å². The third-order valence-corrected chi connectivity index (χ3v) is 4.79. The Morgan fingerprint density at radius 1 is 1.14 bits per heavy atom. The largest absolute Gasteiger partial charge is 0.309 e. The summed E-state index contributed by atoms with van der Waals surface area (Å²) >= 11 is 0. The van der Waals surface area contributed by atoms with Crippen molar-refractivity contribution < 1.29 is 0 Å². The molecule has 1 unspecified atom stereocenters. The molecule has 0 saturated heterocycles. The molecule has 0 radical (unpaired) electrons. The Balaban J connectivity index is 1.90. The maximum absolute atomic E-state index is 3.88. The van der Waals surface area contributed by atoms with E-state index in [1.807, 2.05) is 0 Å². The highest BCUT2D eigenvalue weighted by Crippen LogP contribution is 2.41. The lowest BCUT2D eigenvalue weighted by Crippen LogP contribution is -2.33. The maximum atomic E-state index is 3.88. The van der Waals surface area contributed by atoms with Crippen LogP contribution >= 0.6 is 0 Å². The van der Waals surface area contributed by atoms with Crippen LogP contribution in [0, 0.1) is 18.3 Å². The molecule has 1 nitrogen and oxygen atoms in total. The molecule has 1 N–H and O–H groups in total. The van der Waals surface area contributed by atoms with Gasteiger partial charge in [-0.05, 0) is 43.1 Å². The van der Waals surface area contributed by atoms with E-state index in [1.165, 1.54) is 49.7 Å². The highest BCUT2D eigenvalue weighted by atomic mass is 14.9. The summed E-state index contributed by atoms with van der Waals surface area (Å²) < 4.78 is 0. The van der Waals surface area contributed by atoms with E-state index in [4.69, 9.17) is 0 Å². The average molecular weight is 287 g/mol. The van der Waals surface area contributed by atoms with Gasteiger partial charge in [0.05, 0.1) is 0 Å². The number of rotatable bonds is 9. The van der Waals surface area contributed by atoms with Crippen LogP contribution in [0.4, 0.5) is 0 Å². The second-order valence-corrected chi connectivity index (χ2v) is 7.73. The van der Waals surface area contributed by atoms with Gasteiger partial charge >= 0.3 is 0 Å². The number of hydrogen-bond donors (Lipinski definition) is 1. The minimum atomic E-state index is 0.410. The third kappa shape index (κ3) is 5.47. The lowest BCUT2D eigenvalue weighted by atomic mass is 9.86. The van der Waals surface area contributed by atoms with Crippen molar-refractivity contribution >= 4 is 0 Å². The molecule has 2 rings (SSSR count). The van der Waals surface area contributed by atoms with E-state index >= 15 is 0 Å². The molecular formula is C20H33N. The molecular weight excluding hydrogens is 254 g/mol. The molecule has 118 valence electrons. The highest BCUT2D eigenvalue weighted by Gasteiger charge is 2.33. The average Bonchev–Trinajstić information content (AvgIpc) is 3.26. The highest BCUT2D eigenvalue weighted by molar-refractivity contribution is 5.25. The molecule has 0 aliphatic heterocycles. The molecule has 1 heteroatoms. The van der Waals surface area contributed by atoms with E-state index in [0.29, 0.717) is 11.5 Å². The Kier molecular flexibility index (Phi) is 5.87. The van der Waals surface area contributed by atoms with Crippen LogP contribution in [0.15, 0.2) is 24.3 Å². The van der Waals surface area contributed by atoms with Gasteiger partial charge in [0.1, 0.15) is 0 Å². The molecule has 0 aromatic heterocycles. The number of benzene rings is 1. The normalized spacial score (nSPS) is 17.0. The lowest BCUT2D eigenvalue weighted by molar-refractivity contribution is 0.280. The van der Waals surface area contributed by atoms with Crippen molar-refractivity contribution in [2.75, 3.05) is 6.54 Å². The number of nitrogens with one attached hydrogen (secondary N) is 1. The summed E-state index contributed by atoms with van der Waals surface area (Å²) in [5.74, 6) is 0.860. The predicted molar refractivity (Wildman–Crippen MR) is 92.6 cm³/mol. The lowest BCUT2D eigenvalue weighted by Gasteiger charge is -2.29. The first-order valence-electron chi connectivity index (χ1n) is 8.82. The van der Waals surface area contributed by atoms with Crippen molar-refractivity contribution in [3.05, 3.63) is 35.4 Å². The molecule has 1 aromatic rings. The smallest absolute Gasteiger partial charge is 0.0348 e. The minimum Gasteiger partial charge on any atom is -0.309 e. The number of unbranched alkanes of at least 4 members (excludes halogenated alkanes) is 2. The summed E-state index contributed by atoms with van der Waals surface area (Å²) in [6.07, 6.45) is 8.16. The van der Waals surface area contributed by atoms with Gasteiger partial charge in [-0.2, -0.15) is 0 Å². The Labute approximate surface area is 131 Å². The molecule has 0 amide bonds. The van der Waals surface area contributed by atoms with Crippen molar-refractivity contribution in [1.29, 1.82) is 0 Å². The molecule has 1 aliphatic carbocycles. The summed E-state index contributed by atoms with van der Waals surface area (Å²) in [4.78, 5) is 0. The van der Waals surface area contributed by atoms with Gasteiger partial charge in [0.25, 0.3) is 0 Å². The second kappa shape index (κ2) is 7.45. The Morgan fingerprint density at radius 3 is 2.38 bits per heavy atom. The van der Waals surface area contributed by atoms with E-state index in [2.05, 4.69) is 57.3 Å². The van der Waals surface area contributed by atoms with Gasteiger partial charge in [-0.25, -0.2) is 0 Å². The number of aryl methyl sites for hydroxylation is 1. The van der Waals surface area contributed by atoms with Gasteiger partial charge in [0.2, 0.25) is 0 Å². The standard InChI is InChI=1S/C20H33N/c1-5-6-7-14-20(3,4)15-21-19(18-12-13-18)17-10-8-16(2)9-11-17/h8-11,18-19,21H,5-7,12-15H2,1-4H3. The second-order valence-electron chi connectivity index (χ2n) is 7.73. The van der Waals surface area contributed by atoms with E-state index < -0.39 is 0 Å². The SMILES string of the molecule is CCCCCC(C)(C)CNC(c1ccc(C)cc1)C1CC1. The van der Waals surface area contributed by atoms with Crippen LogP contribution < -0.4 is 5.32 Å². The Hall–Kier alpha value is -0.820. The van der Waals surface area contributed by atoms with E-state index in [-0.39, 0.29) is 0 Å². The van der Waals surface area contributed by atoms with Crippen molar-refractivity contribution in [2.24, 2.45) is 11.3 Å². The van der Waals surface area contributed by atoms with Crippen molar-refractivity contribution in [3.63, 3.8) is 0 Å². The fraction of sp³-hybridized carbons (Fsp3) is 0.700. The number of hydrogen-bond acceptors (Lipinski definition) is 1. The molecule has 1 aliphatic rings. The Morgan fingerprint density at radius 2 is 1.81 bits per heavy atom. The quantitative estimate of drug-likeness (QED) is 0.579. The van der Waals surface area contributed by atoms with Gasteiger partial charge < -0.3 is 5.32 Å². The summed E-state index contributed by atoms with van der Waals surface area (Å²) in [6.45, 7) is 10.4. The molecule has 1 saturated carbocycles. The molecule has 1 fully saturated rings. The zero-order valence-electron chi connectivity index (χ0n) is 14.4. The molecule has 21 heavy (non-hydrogen) atoms. The molecule has 0 heterocycles. The molecule has 0 bridgehead atoms. The van der Waals surface area contributed by atoms with E-state index in [0.717, 1.165) is 12.5 Å². The van der Waals surface area contributed by atoms with Gasteiger partial charge in [0, 0.05) is 12.6 Å². The topological polar surface area (TPSA) is 12.0 Å². The molecule has 1 aromatic carbocycles. The van der Waals surface area contributed by atoms with Crippen LogP contribution in [-0.2, 0) is 0 Å². The first-order valence-corrected chi connectivity index (χ1v) is 8.82. The zero-order valence-corrected chi connectivity index (χ0v) is 14.4. The molecule has 1 atom stereocenters. The van der Waals surface area contributed by atoms with Crippen molar-refractivity contribution in [3.8, 4) is 0 Å².